The van der Waals surface area contributed by atoms with Crippen molar-refractivity contribution in [2.24, 2.45) is 29.6 Å². The van der Waals surface area contributed by atoms with E-state index < -0.39 is 5.97 Å². The molecule has 1 N–H and O–H groups in total. The summed E-state index contributed by atoms with van der Waals surface area (Å²) in [6.07, 6.45) is 11.1. The van der Waals surface area contributed by atoms with E-state index in [4.69, 9.17) is 0 Å². The molecule has 0 amide bonds. The van der Waals surface area contributed by atoms with Gasteiger partial charge in [-0.2, -0.15) is 11.8 Å². The molecule has 1 heterocycles. The minimum Gasteiger partial charge on any atom is -0.480 e. The first-order valence-corrected chi connectivity index (χ1v) is 13.4. The fraction of sp³-hybridized carbons (Fsp3) is 0.833. The molecule has 29 heavy (non-hydrogen) atoms. The van der Waals surface area contributed by atoms with Crippen LogP contribution in [0.5, 0.6) is 0 Å². The fourth-order valence-corrected chi connectivity index (χ4v) is 10.8. The van der Waals surface area contributed by atoms with Gasteiger partial charge >= 0.3 is 5.97 Å². The molecule has 0 aromatic heterocycles. The Morgan fingerprint density at radius 2 is 1.90 bits per heavy atom. The molecule has 0 radical (unpaired) electrons. The van der Waals surface area contributed by atoms with Gasteiger partial charge in [-0.05, 0) is 80.6 Å². The van der Waals surface area contributed by atoms with E-state index in [2.05, 4.69) is 32.5 Å². The van der Waals surface area contributed by atoms with Crippen LogP contribution < -0.4 is 0 Å². The van der Waals surface area contributed by atoms with Crippen LogP contribution in [0.2, 0.25) is 0 Å². The van der Waals surface area contributed by atoms with Crippen LogP contribution in [0, 0.1) is 29.6 Å². The minimum atomic E-state index is -0.684. The number of aliphatic carboxylic acids is 1. The summed E-state index contributed by atoms with van der Waals surface area (Å²) in [5.41, 5.74) is 1.25. The molecule has 1 aliphatic heterocycles. The van der Waals surface area contributed by atoms with E-state index in [-0.39, 0.29) is 22.9 Å². The topological polar surface area (TPSA) is 54.4 Å². The van der Waals surface area contributed by atoms with Crippen molar-refractivity contribution in [3.8, 4) is 0 Å². The van der Waals surface area contributed by atoms with Gasteiger partial charge in [0.15, 0.2) is 5.78 Å². The number of carboxylic acid groups (broad SMARTS) is 1. The van der Waals surface area contributed by atoms with Crippen molar-refractivity contribution in [3.63, 3.8) is 0 Å². The van der Waals surface area contributed by atoms with E-state index in [9.17, 15) is 14.7 Å². The molecule has 2 saturated carbocycles. The Bertz CT molecular complexity index is 668. The highest BCUT2D eigenvalue weighted by molar-refractivity contribution is 8.01. The monoisotopic (exact) mass is 436 g/mol. The third kappa shape index (κ3) is 4.61. The van der Waals surface area contributed by atoms with Crippen LogP contribution in [0.1, 0.15) is 72.1 Å². The quantitative estimate of drug-likeness (QED) is 0.601. The van der Waals surface area contributed by atoms with Crippen molar-refractivity contribution in [3.05, 3.63) is 11.6 Å². The predicted octanol–water partition coefficient (Wildman–Crippen LogP) is 5.82. The van der Waals surface area contributed by atoms with Gasteiger partial charge in [0.05, 0.1) is 0 Å². The van der Waals surface area contributed by atoms with Crippen molar-refractivity contribution in [2.75, 3.05) is 5.75 Å². The number of fused-ring (bicyclic) bond motifs is 3. The molecule has 0 aromatic rings. The lowest BCUT2D eigenvalue weighted by Gasteiger charge is -2.50. The Morgan fingerprint density at radius 1 is 1.21 bits per heavy atom. The minimum absolute atomic E-state index is 0.0982. The number of thioether (sulfide) groups is 2. The highest BCUT2D eigenvalue weighted by atomic mass is 32.2. The lowest BCUT2D eigenvalue weighted by atomic mass is 9.65. The van der Waals surface area contributed by atoms with Crippen LogP contribution in [0.15, 0.2) is 11.6 Å². The fourth-order valence-electron chi connectivity index (χ4n) is 7.05. The van der Waals surface area contributed by atoms with E-state index in [1.165, 1.54) is 37.7 Å². The summed E-state index contributed by atoms with van der Waals surface area (Å²) < 4.78 is 0.364. The maximum Gasteiger partial charge on any atom is 0.316 e. The molecule has 1 saturated heterocycles. The summed E-state index contributed by atoms with van der Waals surface area (Å²) in [4.78, 5) is 24.3. The van der Waals surface area contributed by atoms with Gasteiger partial charge in [-0.25, -0.2) is 0 Å². The number of hydrogen-bond acceptors (Lipinski definition) is 4. The molecule has 4 aliphatic rings. The van der Waals surface area contributed by atoms with Gasteiger partial charge in [-0.3, -0.25) is 9.59 Å². The number of rotatable bonds is 4. The molecule has 3 nitrogen and oxygen atoms in total. The lowest BCUT2D eigenvalue weighted by molar-refractivity contribution is -0.137. The number of carboxylic acids is 1. The zero-order chi connectivity index (χ0) is 20.8. The first-order valence-electron chi connectivity index (χ1n) is 11.5. The highest BCUT2D eigenvalue weighted by Crippen LogP contribution is 2.56. The van der Waals surface area contributed by atoms with Gasteiger partial charge in [0.1, 0.15) is 5.25 Å². The molecule has 2 bridgehead atoms. The van der Waals surface area contributed by atoms with E-state index >= 15 is 0 Å². The first kappa shape index (κ1) is 21.8. The molecule has 162 valence electrons. The van der Waals surface area contributed by atoms with Crippen molar-refractivity contribution in [2.45, 2.75) is 87.4 Å². The Balaban J connectivity index is 1.55. The third-order valence-corrected chi connectivity index (χ3v) is 11.2. The van der Waals surface area contributed by atoms with Crippen LogP contribution >= 0.6 is 23.5 Å². The van der Waals surface area contributed by atoms with Crippen molar-refractivity contribution >= 4 is 35.3 Å². The zero-order valence-corrected chi connectivity index (χ0v) is 19.7. The zero-order valence-electron chi connectivity index (χ0n) is 18.1. The van der Waals surface area contributed by atoms with Crippen LogP contribution in [0.3, 0.4) is 0 Å². The van der Waals surface area contributed by atoms with Crippen LogP contribution in [-0.2, 0) is 9.59 Å². The SMILES string of the molecule is CC1CC2CC(C)CC(SC/C3=C/C(=O)CCCC4SC(C(=O)O)C(C)C34)(C1)C2. The summed E-state index contributed by atoms with van der Waals surface area (Å²) >= 11 is 3.77. The molecule has 0 spiro atoms. The van der Waals surface area contributed by atoms with Gasteiger partial charge in [-0.15, -0.1) is 11.8 Å². The average molecular weight is 437 g/mol. The number of hydrogen-bond donors (Lipinski definition) is 1. The average Bonchev–Trinajstić information content (AvgIpc) is 2.92. The number of carbonyl (C=O) groups is 2. The molecule has 4 rings (SSSR count). The molecule has 6 unspecified atom stereocenters. The smallest absolute Gasteiger partial charge is 0.316 e. The van der Waals surface area contributed by atoms with Crippen LogP contribution in [-0.4, -0.2) is 37.9 Å². The Kier molecular flexibility index (Phi) is 6.47. The number of allylic oxidation sites excluding steroid dienone is 1. The molecular formula is C24H36O3S2. The second kappa shape index (κ2) is 8.61. The maximum absolute atomic E-state index is 12.5. The second-order valence-corrected chi connectivity index (χ2v) is 13.4. The molecule has 5 heteroatoms. The first-order chi connectivity index (χ1) is 13.8. The summed E-state index contributed by atoms with van der Waals surface area (Å²) in [6, 6.07) is 0. The summed E-state index contributed by atoms with van der Waals surface area (Å²) in [6.45, 7) is 6.93. The van der Waals surface area contributed by atoms with Crippen molar-refractivity contribution < 1.29 is 14.7 Å². The van der Waals surface area contributed by atoms with E-state index in [1.54, 1.807) is 11.8 Å². The van der Waals surface area contributed by atoms with Gasteiger partial charge in [-0.1, -0.05) is 26.3 Å². The standard InChI is InChI=1S/C24H36O3S2/c1-14-7-17-8-15(2)11-24(10-14,12-17)28-13-18-9-19(25)5-4-6-20-21(18)16(3)22(29-20)23(26)27/h9,14-17,20-22H,4-8,10-13H2,1-3H3,(H,26,27)/b18-9-. The van der Waals surface area contributed by atoms with E-state index in [0.717, 1.165) is 36.3 Å². The van der Waals surface area contributed by atoms with Crippen molar-refractivity contribution in [1.82, 2.24) is 0 Å². The summed E-state index contributed by atoms with van der Waals surface area (Å²) in [5, 5.41) is 9.72. The van der Waals surface area contributed by atoms with Gasteiger partial charge in [0, 0.05) is 22.2 Å². The van der Waals surface area contributed by atoms with Gasteiger partial charge in [0.2, 0.25) is 0 Å². The Labute approximate surface area is 184 Å². The lowest BCUT2D eigenvalue weighted by Crippen LogP contribution is -2.42. The summed E-state index contributed by atoms with van der Waals surface area (Å²) in [5.74, 6) is 3.28. The molecule has 3 aliphatic carbocycles. The van der Waals surface area contributed by atoms with Crippen LogP contribution in [0.25, 0.3) is 0 Å². The molecular weight excluding hydrogens is 400 g/mol. The third-order valence-electron chi connectivity index (χ3n) is 7.81. The van der Waals surface area contributed by atoms with Crippen LogP contribution in [0.4, 0.5) is 0 Å². The normalized spacial score (nSPS) is 46.9. The van der Waals surface area contributed by atoms with Gasteiger partial charge < -0.3 is 5.11 Å². The molecule has 0 aromatic carbocycles. The highest BCUT2D eigenvalue weighted by Gasteiger charge is 2.48. The van der Waals surface area contributed by atoms with E-state index in [1.807, 2.05) is 6.08 Å². The largest absolute Gasteiger partial charge is 0.480 e. The van der Waals surface area contributed by atoms with Gasteiger partial charge in [0.25, 0.3) is 0 Å². The molecule has 3 fully saturated rings. The predicted molar refractivity (Wildman–Crippen MR) is 122 cm³/mol. The number of carbonyl (C=O) groups excluding carboxylic acids is 1. The van der Waals surface area contributed by atoms with Crippen molar-refractivity contribution in [1.29, 1.82) is 0 Å². The Morgan fingerprint density at radius 3 is 2.55 bits per heavy atom. The summed E-state index contributed by atoms with van der Waals surface area (Å²) in [7, 11) is 0. The maximum atomic E-state index is 12.5. The van der Waals surface area contributed by atoms with E-state index in [0.29, 0.717) is 16.4 Å². The Hall–Kier alpha value is -0.420. The number of ketones is 1. The second-order valence-electron chi connectivity index (χ2n) is 10.5. The molecule has 6 atom stereocenters.